The summed E-state index contributed by atoms with van der Waals surface area (Å²) in [6.45, 7) is 0.762. The molecule has 4 heteroatoms. The Morgan fingerprint density at radius 2 is 2.13 bits per heavy atom. The van der Waals surface area contributed by atoms with Gasteiger partial charge in [0.2, 0.25) is 0 Å². The average molecular weight is 233 g/mol. The monoisotopic (exact) mass is 232 g/mol. The highest BCUT2D eigenvalue weighted by atomic mass is 35.5. The molecule has 1 saturated carbocycles. The third-order valence-electron chi connectivity index (χ3n) is 3.01. The van der Waals surface area contributed by atoms with E-state index in [1.54, 1.807) is 0 Å². The lowest BCUT2D eigenvalue weighted by Gasteiger charge is -2.31. The second-order valence-corrected chi connectivity index (χ2v) is 4.70. The molecule has 0 spiro atoms. The van der Waals surface area contributed by atoms with Gasteiger partial charge in [-0.05, 0) is 32.1 Å². The lowest BCUT2D eigenvalue weighted by molar-refractivity contribution is -0.192. The Bertz CT molecular complexity index is 226. The van der Waals surface area contributed by atoms with E-state index in [-0.39, 0.29) is 18.2 Å². The lowest BCUT2D eigenvalue weighted by Crippen LogP contribution is -2.39. The van der Waals surface area contributed by atoms with E-state index in [9.17, 15) is 4.79 Å². The molecular formula is C11H17ClO3. The van der Waals surface area contributed by atoms with Crippen molar-refractivity contribution in [3.05, 3.63) is 0 Å². The van der Waals surface area contributed by atoms with Crippen molar-refractivity contribution in [2.75, 3.05) is 6.61 Å². The van der Waals surface area contributed by atoms with Gasteiger partial charge in [-0.15, -0.1) is 11.6 Å². The van der Waals surface area contributed by atoms with Gasteiger partial charge in [0.1, 0.15) is 5.38 Å². The van der Waals surface area contributed by atoms with E-state index in [0.717, 1.165) is 38.7 Å². The van der Waals surface area contributed by atoms with Crippen molar-refractivity contribution >= 4 is 17.4 Å². The Labute approximate surface area is 95.1 Å². The van der Waals surface area contributed by atoms with E-state index in [1.165, 1.54) is 0 Å². The molecular weight excluding hydrogens is 216 g/mol. The number of halogens is 1. The van der Waals surface area contributed by atoms with Crippen LogP contribution in [0.1, 0.15) is 38.5 Å². The number of ether oxygens (including phenoxy) is 2. The number of hydrogen-bond acceptors (Lipinski definition) is 3. The van der Waals surface area contributed by atoms with Gasteiger partial charge in [0, 0.05) is 13.0 Å². The molecule has 2 fully saturated rings. The standard InChI is InChI=1S/C11H17ClO3/c12-11-8(13)4-3-5-9(11)15-10-6-1-2-7-14-10/h9-11H,1-7H2/t9-,10?,11-/m1/s1. The number of rotatable bonds is 2. The van der Waals surface area contributed by atoms with E-state index in [4.69, 9.17) is 21.1 Å². The molecule has 0 aromatic rings. The lowest BCUT2D eigenvalue weighted by atomic mass is 9.96. The molecule has 3 atom stereocenters. The summed E-state index contributed by atoms with van der Waals surface area (Å²) in [7, 11) is 0. The molecule has 1 aliphatic heterocycles. The normalized spacial score (nSPS) is 37.9. The van der Waals surface area contributed by atoms with E-state index >= 15 is 0 Å². The molecule has 15 heavy (non-hydrogen) atoms. The summed E-state index contributed by atoms with van der Waals surface area (Å²) >= 11 is 6.02. The fourth-order valence-corrected chi connectivity index (χ4v) is 2.41. The molecule has 1 unspecified atom stereocenters. The highest BCUT2D eigenvalue weighted by molar-refractivity contribution is 6.31. The van der Waals surface area contributed by atoms with Crippen LogP contribution < -0.4 is 0 Å². The molecule has 0 amide bonds. The molecule has 0 bridgehead atoms. The van der Waals surface area contributed by atoms with Crippen molar-refractivity contribution in [1.82, 2.24) is 0 Å². The van der Waals surface area contributed by atoms with Gasteiger partial charge >= 0.3 is 0 Å². The smallest absolute Gasteiger partial charge is 0.158 e. The molecule has 0 radical (unpaired) electrons. The number of Topliss-reactive ketones (excluding diaryl/α,β-unsaturated/α-hetero) is 1. The van der Waals surface area contributed by atoms with Crippen LogP contribution in [0.3, 0.4) is 0 Å². The van der Waals surface area contributed by atoms with Gasteiger partial charge in [-0.25, -0.2) is 0 Å². The van der Waals surface area contributed by atoms with Gasteiger partial charge in [0.05, 0.1) is 6.10 Å². The number of carbonyl (C=O) groups excluding carboxylic acids is 1. The average Bonchev–Trinajstić information content (AvgIpc) is 2.26. The molecule has 1 saturated heterocycles. The van der Waals surface area contributed by atoms with E-state index in [2.05, 4.69) is 0 Å². The highest BCUT2D eigenvalue weighted by Crippen LogP contribution is 2.26. The fourth-order valence-electron chi connectivity index (χ4n) is 2.12. The number of carbonyl (C=O) groups is 1. The van der Waals surface area contributed by atoms with Gasteiger partial charge in [0.25, 0.3) is 0 Å². The van der Waals surface area contributed by atoms with Crippen LogP contribution in [0.25, 0.3) is 0 Å². The van der Waals surface area contributed by atoms with Crippen LogP contribution in [-0.2, 0) is 14.3 Å². The van der Waals surface area contributed by atoms with Crippen molar-refractivity contribution in [3.8, 4) is 0 Å². The Hall–Kier alpha value is -0.120. The Morgan fingerprint density at radius 1 is 1.27 bits per heavy atom. The number of alkyl halides is 1. The Kier molecular flexibility index (Phi) is 4.00. The third kappa shape index (κ3) is 2.92. The summed E-state index contributed by atoms with van der Waals surface area (Å²) in [5.74, 6) is 0.115. The summed E-state index contributed by atoms with van der Waals surface area (Å²) in [5, 5.41) is -0.468. The van der Waals surface area contributed by atoms with Crippen LogP contribution in [0.2, 0.25) is 0 Å². The van der Waals surface area contributed by atoms with Crippen LogP contribution >= 0.6 is 11.6 Å². The molecule has 2 aliphatic rings. The summed E-state index contributed by atoms with van der Waals surface area (Å²) in [5.41, 5.74) is 0. The van der Waals surface area contributed by atoms with Crippen molar-refractivity contribution in [1.29, 1.82) is 0 Å². The van der Waals surface area contributed by atoms with Gasteiger partial charge in [-0.3, -0.25) is 4.79 Å². The first-order chi connectivity index (χ1) is 7.27. The molecule has 0 N–H and O–H groups in total. The van der Waals surface area contributed by atoms with Crippen LogP contribution in [0.15, 0.2) is 0 Å². The Balaban J connectivity index is 1.84. The molecule has 2 rings (SSSR count). The van der Waals surface area contributed by atoms with E-state index in [0.29, 0.717) is 6.42 Å². The van der Waals surface area contributed by atoms with E-state index in [1.807, 2.05) is 0 Å². The second kappa shape index (κ2) is 5.28. The zero-order valence-electron chi connectivity index (χ0n) is 8.78. The van der Waals surface area contributed by atoms with Crippen LogP contribution in [0.4, 0.5) is 0 Å². The zero-order valence-corrected chi connectivity index (χ0v) is 9.54. The largest absolute Gasteiger partial charge is 0.353 e. The highest BCUT2D eigenvalue weighted by Gasteiger charge is 2.33. The van der Waals surface area contributed by atoms with Gasteiger partial charge in [-0.2, -0.15) is 0 Å². The van der Waals surface area contributed by atoms with Gasteiger partial charge in [-0.1, -0.05) is 0 Å². The number of hydrogen-bond donors (Lipinski definition) is 0. The van der Waals surface area contributed by atoms with E-state index < -0.39 is 5.38 Å². The predicted octanol–water partition coefficient (Wildman–Crippen LogP) is 2.26. The first-order valence-electron chi connectivity index (χ1n) is 5.71. The molecule has 3 nitrogen and oxygen atoms in total. The molecule has 0 aromatic carbocycles. The Morgan fingerprint density at radius 3 is 2.87 bits per heavy atom. The van der Waals surface area contributed by atoms with Crippen molar-refractivity contribution in [2.45, 2.75) is 56.3 Å². The van der Waals surface area contributed by atoms with Gasteiger partial charge < -0.3 is 9.47 Å². The topological polar surface area (TPSA) is 35.5 Å². The van der Waals surface area contributed by atoms with Crippen molar-refractivity contribution < 1.29 is 14.3 Å². The quantitative estimate of drug-likeness (QED) is 0.686. The third-order valence-corrected chi connectivity index (χ3v) is 3.53. The summed E-state index contributed by atoms with van der Waals surface area (Å²) in [6, 6.07) is 0. The van der Waals surface area contributed by atoms with Gasteiger partial charge in [0.15, 0.2) is 12.1 Å². The molecule has 0 aromatic heterocycles. The van der Waals surface area contributed by atoms with Crippen LogP contribution in [0.5, 0.6) is 0 Å². The van der Waals surface area contributed by atoms with Crippen molar-refractivity contribution in [3.63, 3.8) is 0 Å². The molecule has 1 aliphatic carbocycles. The maximum atomic E-state index is 11.4. The zero-order chi connectivity index (χ0) is 10.7. The maximum Gasteiger partial charge on any atom is 0.158 e. The summed E-state index contributed by atoms with van der Waals surface area (Å²) in [6.07, 6.45) is 5.24. The summed E-state index contributed by atoms with van der Waals surface area (Å²) in [4.78, 5) is 11.4. The SMILES string of the molecule is O=C1CCC[C@@H](OC2CCCCO2)[C@@H]1Cl. The first kappa shape index (κ1) is 11.4. The fraction of sp³-hybridized carbons (Fsp3) is 0.909. The minimum absolute atomic E-state index is 0.115. The van der Waals surface area contributed by atoms with Crippen LogP contribution in [-0.4, -0.2) is 30.2 Å². The molecule has 86 valence electrons. The second-order valence-electron chi connectivity index (χ2n) is 4.23. The maximum absolute atomic E-state index is 11.4. The molecule has 1 heterocycles. The summed E-state index contributed by atoms with van der Waals surface area (Å²) < 4.78 is 11.2. The van der Waals surface area contributed by atoms with Crippen LogP contribution in [0, 0.1) is 0 Å². The van der Waals surface area contributed by atoms with Crippen molar-refractivity contribution in [2.24, 2.45) is 0 Å². The first-order valence-corrected chi connectivity index (χ1v) is 6.15. The predicted molar refractivity (Wildman–Crippen MR) is 57.0 cm³/mol. The minimum Gasteiger partial charge on any atom is -0.353 e. The number of ketones is 1. The minimum atomic E-state index is -0.468.